The lowest BCUT2D eigenvalue weighted by molar-refractivity contribution is 0.0696. The summed E-state index contributed by atoms with van der Waals surface area (Å²) in [7, 11) is 0. The predicted molar refractivity (Wildman–Crippen MR) is 69.7 cm³/mol. The zero-order valence-electron chi connectivity index (χ0n) is 9.58. The highest BCUT2D eigenvalue weighted by Crippen LogP contribution is 2.38. The molecule has 6 heteroatoms. The summed E-state index contributed by atoms with van der Waals surface area (Å²) < 4.78 is 0. The van der Waals surface area contributed by atoms with Gasteiger partial charge >= 0.3 is 5.97 Å². The fourth-order valence-electron chi connectivity index (χ4n) is 1.79. The number of rotatable bonds is 1. The van der Waals surface area contributed by atoms with Crippen LogP contribution in [0, 0.1) is 0 Å². The molecule has 2 aromatic rings. The molecular weight excluding hydrogens is 264 g/mol. The van der Waals surface area contributed by atoms with Crippen LogP contribution in [0.1, 0.15) is 20.8 Å². The minimum absolute atomic E-state index is 0.138. The van der Waals surface area contributed by atoms with Crippen molar-refractivity contribution in [3.63, 3.8) is 0 Å². The molecule has 0 unspecified atom stereocenters. The number of aromatic carboxylic acids is 1. The van der Waals surface area contributed by atoms with Crippen molar-refractivity contribution in [3.8, 4) is 0 Å². The van der Waals surface area contributed by atoms with E-state index >= 15 is 0 Å². The summed E-state index contributed by atoms with van der Waals surface area (Å²) in [6.45, 7) is 0. The Morgan fingerprint density at radius 2 is 2.11 bits per heavy atom. The van der Waals surface area contributed by atoms with Gasteiger partial charge in [-0.1, -0.05) is 11.8 Å². The van der Waals surface area contributed by atoms with Gasteiger partial charge in [-0.3, -0.25) is 4.79 Å². The second kappa shape index (κ2) is 4.40. The largest absolute Gasteiger partial charge is 0.478 e. The topological polar surface area (TPSA) is 79.3 Å². The number of pyridine rings is 1. The molecule has 0 radical (unpaired) electrons. The van der Waals surface area contributed by atoms with Crippen LogP contribution >= 0.6 is 11.8 Å². The lowest BCUT2D eigenvalue weighted by Crippen LogP contribution is -2.13. The van der Waals surface area contributed by atoms with E-state index in [1.165, 1.54) is 23.9 Å². The van der Waals surface area contributed by atoms with Gasteiger partial charge < -0.3 is 10.4 Å². The number of carboxylic acids is 1. The van der Waals surface area contributed by atoms with Crippen LogP contribution in [0.15, 0.2) is 46.3 Å². The highest BCUT2D eigenvalue weighted by Gasteiger charge is 2.21. The van der Waals surface area contributed by atoms with Crippen molar-refractivity contribution in [2.75, 3.05) is 5.32 Å². The van der Waals surface area contributed by atoms with Gasteiger partial charge in [0.1, 0.15) is 5.69 Å². The van der Waals surface area contributed by atoms with Gasteiger partial charge in [-0.25, -0.2) is 9.78 Å². The third-order valence-corrected chi connectivity index (χ3v) is 3.81. The molecule has 1 aliphatic heterocycles. The van der Waals surface area contributed by atoms with Crippen molar-refractivity contribution in [1.29, 1.82) is 0 Å². The number of benzene rings is 1. The van der Waals surface area contributed by atoms with E-state index in [1.807, 2.05) is 6.07 Å². The fraction of sp³-hybridized carbons (Fsp3) is 0. The quantitative estimate of drug-likeness (QED) is 0.833. The maximum atomic E-state index is 12.0. The first kappa shape index (κ1) is 11.7. The summed E-state index contributed by atoms with van der Waals surface area (Å²) in [4.78, 5) is 28.6. The van der Waals surface area contributed by atoms with E-state index < -0.39 is 5.97 Å². The molecule has 0 aliphatic carbocycles. The first-order valence-corrected chi connectivity index (χ1v) is 6.28. The van der Waals surface area contributed by atoms with Crippen LogP contribution in [-0.2, 0) is 0 Å². The average molecular weight is 272 g/mol. The SMILES string of the molecule is O=C(O)c1ccc2c(c1)NC(=O)c1ncccc1S2. The molecule has 2 heterocycles. The van der Waals surface area contributed by atoms with Crippen molar-refractivity contribution in [2.45, 2.75) is 9.79 Å². The van der Waals surface area contributed by atoms with Crippen molar-refractivity contribution >= 4 is 29.3 Å². The molecule has 0 atom stereocenters. The predicted octanol–water partition coefficient (Wildman–Crippen LogP) is 2.50. The number of hydrogen-bond donors (Lipinski definition) is 2. The molecule has 3 rings (SSSR count). The number of nitrogens with one attached hydrogen (secondary N) is 1. The molecule has 94 valence electrons. The second-order valence-electron chi connectivity index (χ2n) is 3.92. The Hall–Kier alpha value is -2.34. The lowest BCUT2D eigenvalue weighted by Gasteiger charge is -2.06. The first-order valence-electron chi connectivity index (χ1n) is 5.47. The zero-order valence-corrected chi connectivity index (χ0v) is 10.4. The molecule has 0 fully saturated rings. The van der Waals surface area contributed by atoms with Crippen molar-refractivity contribution < 1.29 is 14.7 Å². The monoisotopic (exact) mass is 272 g/mol. The molecule has 0 saturated carbocycles. The van der Waals surface area contributed by atoms with E-state index in [0.717, 1.165) is 9.79 Å². The van der Waals surface area contributed by atoms with Crippen LogP contribution in [0.25, 0.3) is 0 Å². The van der Waals surface area contributed by atoms with Crippen LogP contribution < -0.4 is 5.32 Å². The van der Waals surface area contributed by atoms with Crippen molar-refractivity contribution in [1.82, 2.24) is 4.98 Å². The van der Waals surface area contributed by atoms with Crippen molar-refractivity contribution in [2.24, 2.45) is 0 Å². The second-order valence-corrected chi connectivity index (χ2v) is 5.01. The van der Waals surface area contributed by atoms with Gasteiger partial charge in [-0.05, 0) is 30.3 Å². The Morgan fingerprint density at radius 3 is 2.89 bits per heavy atom. The third-order valence-electron chi connectivity index (χ3n) is 2.68. The number of aromatic nitrogens is 1. The minimum Gasteiger partial charge on any atom is -0.478 e. The van der Waals surface area contributed by atoms with Gasteiger partial charge in [-0.2, -0.15) is 0 Å². The van der Waals surface area contributed by atoms with Crippen molar-refractivity contribution in [3.05, 3.63) is 47.8 Å². The van der Waals surface area contributed by atoms with Crippen LogP contribution in [-0.4, -0.2) is 22.0 Å². The summed E-state index contributed by atoms with van der Waals surface area (Å²) in [5, 5.41) is 11.7. The third kappa shape index (κ3) is 2.06. The molecule has 1 aromatic carbocycles. The number of anilines is 1. The van der Waals surface area contributed by atoms with E-state index in [2.05, 4.69) is 10.3 Å². The molecular formula is C13H8N2O3S. The molecule has 0 saturated heterocycles. The highest BCUT2D eigenvalue weighted by atomic mass is 32.2. The summed E-state index contributed by atoms with van der Waals surface area (Å²) in [6.07, 6.45) is 1.55. The Morgan fingerprint density at radius 1 is 1.26 bits per heavy atom. The lowest BCUT2D eigenvalue weighted by atomic mass is 10.2. The van der Waals surface area contributed by atoms with Gasteiger partial charge in [0.15, 0.2) is 0 Å². The molecule has 1 amide bonds. The average Bonchev–Trinajstić information content (AvgIpc) is 2.54. The molecule has 1 aliphatic rings. The number of fused-ring (bicyclic) bond motifs is 2. The Labute approximate surface area is 112 Å². The van der Waals surface area contributed by atoms with Gasteiger partial charge in [-0.15, -0.1) is 0 Å². The van der Waals surface area contributed by atoms with Gasteiger partial charge in [0, 0.05) is 16.0 Å². The molecule has 1 aromatic heterocycles. The normalized spacial score (nSPS) is 12.9. The molecule has 5 nitrogen and oxygen atoms in total. The minimum atomic E-state index is -1.03. The maximum Gasteiger partial charge on any atom is 0.335 e. The molecule has 19 heavy (non-hydrogen) atoms. The summed E-state index contributed by atoms with van der Waals surface area (Å²) in [6, 6.07) is 8.23. The zero-order chi connectivity index (χ0) is 13.4. The smallest absolute Gasteiger partial charge is 0.335 e. The number of nitrogens with zero attached hydrogens (tertiary/aromatic N) is 1. The number of amides is 1. The number of carbonyl (C=O) groups is 2. The standard InChI is InChI=1S/C13H8N2O3S/c16-12-11-10(2-1-5-14-11)19-9-4-3-7(13(17)18)6-8(9)15-12/h1-6H,(H,15,16)(H,17,18). The summed E-state index contributed by atoms with van der Waals surface area (Å²) in [5.74, 6) is -1.36. The van der Waals surface area contributed by atoms with E-state index in [9.17, 15) is 9.59 Å². The molecule has 0 bridgehead atoms. The highest BCUT2D eigenvalue weighted by molar-refractivity contribution is 7.99. The first-order chi connectivity index (χ1) is 9.15. The van der Waals surface area contributed by atoms with Crippen LogP contribution in [0.4, 0.5) is 5.69 Å². The summed E-state index contributed by atoms with van der Waals surface area (Å²) >= 11 is 1.39. The van der Waals surface area contributed by atoms with Gasteiger partial charge in [0.25, 0.3) is 5.91 Å². The summed E-state index contributed by atoms with van der Waals surface area (Å²) in [5.41, 5.74) is 0.979. The van der Waals surface area contributed by atoms with Crippen LogP contribution in [0.2, 0.25) is 0 Å². The van der Waals surface area contributed by atoms with Gasteiger partial charge in [0.05, 0.1) is 11.3 Å². The van der Waals surface area contributed by atoms with Gasteiger partial charge in [0.2, 0.25) is 0 Å². The fourth-order valence-corrected chi connectivity index (χ4v) is 2.77. The van der Waals surface area contributed by atoms with Crippen LogP contribution in [0.3, 0.4) is 0 Å². The Bertz CT molecular complexity index is 700. The number of carbonyl (C=O) groups excluding carboxylic acids is 1. The van der Waals surface area contributed by atoms with E-state index in [4.69, 9.17) is 5.11 Å². The maximum absolute atomic E-state index is 12.0. The Balaban J connectivity index is 2.12. The van der Waals surface area contributed by atoms with Crippen LogP contribution in [0.5, 0.6) is 0 Å². The van der Waals surface area contributed by atoms with E-state index in [-0.39, 0.29) is 11.5 Å². The Kier molecular flexibility index (Phi) is 2.72. The van der Waals surface area contributed by atoms with E-state index in [1.54, 1.807) is 18.3 Å². The molecule has 2 N–H and O–H groups in total. The number of carboxylic acid groups (broad SMARTS) is 1. The molecule has 0 spiro atoms. The number of hydrogen-bond acceptors (Lipinski definition) is 4. The van der Waals surface area contributed by atoms with E-state index in [0.29, 0.717) is 11.4 Å².